The highest BCUT2D eigenvalue weighted by molar-refractivity contribution is 5.98. The Kier molecular flexibility index (Phi) is 5.87. The molecular formula is C22H22N4O3. The van der Waals surface area contributed by atoms with E-state index in [1.165, 1.54) is 11.6 Å². The Morgan fingerprint density at radius 2 is 1.79 bits per heavy atom. The Morgan fingerprint density at radius 3 is 2.41 bits per heavy atom. The van der Waals surface area contributed by atoms with Gasteiger partial charge in [-0.2, -0.15) is 0 Å². The van der Waals surface area contributed by atoms with Gasteiger partial charge in [-0.05, 0) is 24.6 Å². The molecule has 0 atom stereocenters. The van der Waals surface area contributed by atoms with Crippen LogP contribution in [0.25, 0.3) is 11.3 Å². The first-order valence-corrected chi connectivity index (χ1v) is 9.27. The van der Waals surface area contributed by atoms with Crippen LogP contribution < -0.4 is 16.3 Å². The number of carbonyl (C=O) groups is 2. The molecule has 3 aromatic rings. The van der Waals surface area contributed by atoms with E-state index in [0.29, 0.717) is 29.1 Å². The summed E-state index contributed by atoms with van der Waals surface area (Å²) in [6.45, 7) is 3.23. The first kappa shape index (κ1) is 20.0. The highest BCUT2D eigenvalue weighted by Gasteiger charge is 2.21. The number of nitrogens with one attached hydrogen (secondary N) is 2. The van der Waals surface area contributed by atoms with Crippen molar-refractivity contribution in [3.63, 3.8) is 0 Å². The number of amides is 1. The van der Waals surface area contributed by atoms with E-state index in [0.717, 1.165) is 5.56 Å². The van der Waals surface area contributed by atoms with Crippen molar-refractivity contribution in [1.82, 2.24) is 15.0 Å². The molecule has 2 N–H and O–H groups in total. The second kappa shape index (κ2) is 8.52. The minimum absolute atomic E-state index is 0.156. The van der Waals surface area contributed by atoms with Gasteiger partial charge >= 0.3 is 0 Å². The third-order valence-electron chi connectivity index (χ3n) is 4.45. The van der Waals surface area contributed by atoms with Gasteiger partial charge < -0.3 is 5.32 Å². The van der Waals surface area contributed by atoms with Crippen LogP contribution in [0.2, 0.25) is 0 Å². The summed E-state index contributed by atoms with van der Waals surface area (Å²) < 4.78 is 1.22. The van der Waals surface area contributed by atoms with Crippen LogP contribution in [0.1, 0.15) is 40.4 Å². The van der Waals surface area contributed by atoms with Gasteiger partial charge in [-0.1, -0.05) is 43.3 Å². The molecule has 1 aromatic heterocycles. The summed E-state index contributed by atoms with van der Waals surface area (Å²) in [5, 5.41) is 2.56. The molecule has 0 saturated heterocycles. The highest BCUT2D eigenvalue weighted by atomic mass is 16.2. The van der Waals surface area contributed by atoms with Crippen LogP contribution in [0.5, 0.6) is 0 Å². The van der Waals surface area contributed by atoms with Crippen molar-refractivity contribution in [2.75, 3.05) is 12.5 Å². The zero-order valence-corrected chi connectivity index (χ0v) is 16.5. The number of ketones is 1. The molecule has 148 valence electrons. The maximum Gasteiger partial charge on any atom is 0.291 e. The van der Waals surface area contributed by atoms with Gasteiger partial charge in [0.05, 0.1) is 5.69 Å². The molecule has 0 saturated carbocycles. The number of Topliss-reactive ketones (excluding diaryl/α,β-unsaturated/α-hetero) is 1. The molecule has 1 heterocycles. The highest BCUT2D eigenvalue weighted by Crippen LogP contribution is 2.22. The Balaban J connectivity index is 2.21. The maximum atomic E-state index is 13.0. The molecule has 0 bridgehead atoms. The second-order valence-electron chi connectivity index (χ2n) is 6.44. The lowest BCUT2D eigenvalue weighted by atomic mass is 10.1. The topological polar surface area (TPSA) is 93.1 Å². The average Bonchev–Trinajstić information content (AvgIpc) is 2.74. The monoisotopic (exact) mass is 390 g/mol. The number of benzene rings is 2. The van der Waals surface area contributed by atoms with Gasteiger partial charge in [-0.3, -0.25) is 19.8 Å². The second-order valence-corrected chi connectivity index (χ2v) is 6.44. The Morgan fingerprint density at radius 1 is 1.07 bits per heavy atom. The van der Waals surface area contributed by atoms with Crippen molar-refractivity contribution in [2.45, 2.75) is 20.3 Å². The van der Waals surface area contributed by atoms with Gasteiger partial charge in [-0.15, -0.1) is 0 Å². The van der Waals surface area contributed by atoms with E-state index < -0.39 is 5.56 Å². The first-order valence-electron chi connectivity index (χ1n) is 9.27. The quantitative estimate of drug-likeness (QED) is 0.632. The molecule has 0 aliphatic rings. The number of rotatable bonds is 6. The molecule has 2 aromatic carbocycles. The summed E-state index contributed by atoms with van der Waals surface area (Å²) in [4.78, 5) is 41.9. The lowest BCUT2D eigenvalue weighted by Gasteiger charge is -2.18. The Hall–Kier alpha value is -3.74. The lowest BCUT2D eigenvalue weighted by molar-refractivity contribution is 0.0961. The first-order chi connectivity index (χ1) is 14.0. The number of anilines is 1. The molecule has 7 heteroatoms. The molecule has 3 rings (SSSR count). The van der Waals surface area contributed by atoms with E-state index in [1.807, 2.05) is 37.3 Å². The SMILES string of the molecule is CCc1nc(-c2ccccc2)c(C(C)=O)n(Nc2cccc(C(=O)NC)c2)c1=O. The van der Waals surface area contributed by atoms with E-state index in [2.05, 4.69) is 15.7 Å². The van der Waals surface area contributed by atoms with Gasteiger partial charge in [0.25, 0.3) is 11.5 Å². The predicted octanol–water partition coefficient (Wildman–Crippen LogP) is 2.91. The molecule has 0 aliphatic heterocycles. The molecule has 7 nitrogen and oxygen atoms in total. The third-order valence-corrected chi connectivity index (χ3v) is 4.45. The zero-order valence-electron chi connectivity index (χ0n) is 16.5. The number of hydrogen-bond donors (Lipinski definition) is 2. The van der Waals surface area contributed by atoms with Gasteiger partial charge in [0.2, 0.25) is 0 Å². The number of hydrogen-bond acceptors (Lipinski definition) is 5. The molecule has 0 fully saturated rings. The van der Waals surface area contributed by atoms with Gasteiger partial charge in [0, 0.05) is 25.1 Å². The lowest BCUT2D eigenvalue weighted by Crippen LogP contribution is -2.35. The Bertz CT molecular complexity index is 1120. The van der Waals surface area contributed by atoms with Crippen LogP contribution in [-0.4, -0.2) is 28.4 Å². The minimum atomic E-state index is -0.400. The predicted molar refractivity (Wildman–Crippen MR) is 112 cm³/mol. The van der Waals surface area contributed by atoms with Crippen LogP contribution in [0.4, 0.5) is 5.69 Å². The summed E-state index contributed by atoms with van der Waals surface area (Å²) in [6, 6.07) is 16.0. The summed E-state index contributed by atoms with van der Waals surface area (Å²) in [5.41, 5.74) is 5.19. The smallest absolute Gasteiger partial charge is 0.291 e. The van der Waals surface area contributed by atoms with E-state index in [1.54, 1.807) is 31.3 Å². The summed E-state index contributed by atoms with van der Waals surface area (Å²) in [5.74, 6) is -0.548. The largest absolute Gasteiger partial charge is 0.355 e. The number of aromatic nitrogens is 2. The summed E-state index contributed by atoms with van der Waals surface area (Å²) in [6.07, 6.45) is 0.414. The molecule has 1 amide bonds. The van der Waals surface area contributed by atoms with E-state index >= 15 is 0 Å². The van der Waals surface area contributed by atoms with Crippen molar-refractivity contribution < 1.29 is 9.59 Å². The van der Waals surface area contributed by atoms with Crippen LogP contribution in [-0.2, 0) is 6.42 Å². The molecule has 0 radical (unpaired) electrons. The van der Waals surface area contributed by atoms with Crippen molar-refractivity contribution in [1.29, 1.82) is 0 Å². The maximum absolute atomic E-state index is 13.0. The van der Waals surface area contributed by atoms with E-state index in [4.69, 9.17) is 0 Å². The standard InChI is InChI=1S/C22H22N4O3/c1-4-18-22(29)26(25-17-12-8-11-16(13-17)21(28)23-3)20(14(2)27)19(24-18)15-9-6-5-7-10-15/h5-13,25H,4H2,1-3H3,(H,23,28). The normalized spacial score (nSPS) is 10.4. The average molecular weight is 390 g/mol. The summed E-state index contributed by atoms with van der Waals surface area (Å²) in [7, 11) is 1.54. The number of carbonyl (C=O) groups excluding carboxylic acids is 2. The molecule has 0 spiro atoms. The van der Waals surface area contributed by atoms with Crippen LogP contribution in [0.3, 0.4) is 0 Å². The van der Waals surface area contributed by atoms with Gasteiger partial charge in [-0.25, -0.2) is 9.66 Å². The van der Waals surface area contributed by atoms with Crippen molar-refractivity contribution >= 4 is 17.4 Å². The van der Waals surface area contributed by atoms with Crippen LogP contribution in [0.15, 0.2) is 59.4 Å². The summed E-state index contributed by atoms with van der Waals surface area (Å²) >= 11 is 0. The van der Waals surface area contributed by atoms with Gasteiger partial charge in [0.1, 0.15) is 17.1 Å². The third kappa shape index (κ3) is 4.08. The molecule has 0 unspecified atom stereocenters. The fourth-order valence-corrected chi connectivity index (χ4v) is 3.03. The fraction of sp³-hybridized carbons (Fsp3) is 0.182. The number of nitrogens with zero attached hydrogens (tertiary/aromatic N) is 2. The van der Waals surface area contributed by atoms with Crippen molar-refractivity contribution in [3.8, 4) is 11.3 Å². The Labute approximate surface area is 168 Å². The zero-order chi connectivity index (χ0) is 21.0. The minimum Gasteiger partial charge on any atom is -0.355 e. The molecular weight excluding hydrogens is 368 g/mol. The fourth-order valence-electron chi connectivity index (χ4n) is 3.03. The van der Waals surface area contributed by atoms with E-state index in [-0.39, 0.29) is 17.4 Å². The van der Waals surface area contributed by atoms with Crippen molar-refractivity contribution in [2.24, 2.45) is 0 Å². The van der Waals surface area contributed by atoms with Crippen LogP contribution in [0, 0.1) is 0 Å². The van der Waals surface area contributed by atoms with Gasteiger partial charge in [0.15, 0.2) is 5.78 Å². The van der Waals surface area contributed by atoms with Crippen LogP contribution >= 0.6 is 0 Å². The number of aryl methyl sites for hydroxylation is 1. The van der Waals surface area contributed by atoms with E-state index in [9.17, 15) is 14.4 Å². The molecule has 0 aliphatic carbocycles. The van der Waals surface area contributed by atoms with Crippen molar-refractivity contribution in [3.05, 3.63) is 81.9 Å². The molecule has 29 heavy (non-hydrogen) atoms.